The van der Waals surface area contributed by atoms with Crippen molar-refractivity contribution >= 4 is 6.08 Å². The molecule has 0 spiro atoms. The molecule has 0 radical (unpaired) electrons. The Labute approximate surface area is 157 Å². The van der Waals surface area contributed by atoms with Crippen molar-refractivity contribution in [3.63, 3.8) is 0 Å². The third kappa shape index (κ3) is 5.55. The second kappa shape index (κ2) is 9.20. The van der Waals surface area contributed by atoms with Crippen LogP contribution < -0.4 is 0 Å². The van der Waals surface area contributed by atoms with Gasteiger partial charge in [0.25, 0.3) is 6.08 Å². The monoisotopic (exact) mass is 386 g/mol. The van der Waals surface area contributed by atoms with E-state index in [0.717, 1.165) is 18.1 Å². The van der Waals surface area contributed by atoms with Gasteiger partial charge in [0.05, 0.1) is 18.8 Å². The van der Waals surface area contributed by atoms with Crippen LogP contribution in [0.3, 0.4) is 0 Å². The number of benzene rings is 1. The molecule has 0 amide bonds. The molecule has 2 nitrogen and oxygen atoms in total. The third-order valence-electron chi connectivity index (χ3n) is 5.78. The third-order valence-corrected chi connectivity index (χ3v) is 5.78. The average molecular weight is 386 g/mol. The van der Waals surface area contributed by atoms with Gasteiger partial charge in [-0.05, 0) is 48.8 Å². The first-order chi connectivity index (χ1) is 12.9. The van der Waals surface area contributed by atoms with E-state index in [9.17, 15) is 17.6 Å². The lowest BCUT2D eigenvalue weighted by atomic mass is 9.76. The van der Waals surface area contributed by atoms with E-state index in [1.54, 1.807) is 0 Å². The van der Waals surface area contributed by atoms with Gasteiger partial charge in [0.15, 0.2) is 6.29 Å². The minimum Gasteiger partial charge on any atom is -0.352 e. The van der Waals surface area contributed by atoms with E-state index in [1.807, 2.05) is 0 Å². The molecule has 1 aromatic rings. The predicted octanol–water partition coefficient (Wildman–Crippen LogP) is 5.95. The van der Waals surface area contributed by atoms with Gasteiger partial charge in [-0.2, -0.15) is 8.78 Å². The molecule has 0 N–H and O–H groups in total. The number of hydrogen-bond donors (Lipinski definition) is 0. The van der Waals surface area contributed by atoms with Gasteiger partial charge >= 0.3 is 0 Å². The highest BCUT2D eigenvalue weighted by atomic mass is 19.3. The van der Waals surface area contributed by atoms with E-state index >= 15 is 0 Å². The number of rotatable bonds is 5. The van der Waals surface area contributed by atoms with Crippen molar-refractivity contribution in [3.05, 3.63) is 41.0 Å². The lowest BCUT2D eigenvalue weighted by Crippen LogP contribution is -2.37. The normalized spacial score (nSPS) is 28.8. The molecule has 0 unspecified atom stereocenters. The molecule has 1 saturated carbocycles. The fraction of sp³-hybridized carbons (Fsp3) is 0.619. The van der Waals surface area contributed by atoms with Crippen molar-refractivity contribution in [2.24, 2.45) is 17.8 Å². The van der Waals surface area contributed by atoms with E-state index in [1.165, 1.54) is 25.7 Å². The molecule has 3 rings (SSSR count). The van der Waals surface area contributed by atoms with Crippen LogP contribution in [0.5, 0.6) is 0 Å². The maximum absolute atomic E-state index is 13.8. The van der Waals surface area contributed by atoms with Gasteiger partial charge < -0.3 is 9.47 Å². The molecule has 2 aliphatic rings. The summed E-state index contributed by atoms with van der Waals surface area (Å²) in [4.78, 5) is 0. The summed E-state index contributed by atoms with van der Waals surface area (Å²) in [6.07, 6.45) is 3.48. The summed E-state index contributed by atoms with van der Waals surface area (Å²) in [6, 6.07) is 2.18. The molecule has 0 aromatic heterocycles. The van der Waals surface area contributed by atoms with E-state index in [-0.39, 0.29) is 6.08 Å². The van der Waals surface area contributed by atoms with Gasteiger partial charge in [-0.25, -0.2) is 8.78 Å². The Balaban J connectivity index is 1.48. The molecule has 0 bridgehead atoms. The quantitative estimate of drug-likeness (QED) is 0.582. The highest BCUT2D eigenvalue weighted by Gasteiger charge is 2.31. The van der Waals surface area contributed by atoms with Crippen LogP contribution >= 0.6 is 0 Å². The van der Waals surface area contributed by atoms with Gasteiger partial charge in [-0.15, -0.1) is 0 Å². The first-order valence-electron chi connectivity index (χ1n) is 9.66. The SMILES string of the molecule is CC1CCC(C2COC(CCc3cc(F)c(C=C(F)F)c(F)c3)OC2)CC1. The Morgan fingerprint density at radius 1 is 1.00 bits per heavy atom. The van der Waals surface area contributed by atoms with E-state index in [4.69, 9.17) is 9.47 Å². The Bertz CT molecular complexity index is 633. The number of ether oxygens (including phenoxy) is 2. The first-order valence-corrected chi connectivity index (χ1v) is 9.66. The molecule has 27 heavy (non-hydrogen) atoms. The molecule has 1 saturated heterocycles. The Hall–Kier alpha value is -1.40. The number of halogens is 4. The lowest BCUT2D eigenvalue weighted by Gasteiger charge is -2.37. The maximum Gasteiger partial charge on any atom is 0.271 e. The topological polar surface area (TPSA) is 18.5 Å². The second-order valence-corrected chi connectivity index (χ2v) is 7.82. The summed E-state index contributed by atoms with van der Waals surface area (Å²) in [5.41, 5.74) is -0.314. The van der Waals surface area contributed by atoms with Crippen LogP contribution in [0.1, 0.15) is 50.2 Å². The van der Waals surface area contributed by atoms with Gasteiger partial charge in [-0.1, -0.05) is 19.8 Å². The first kappa shape index (κ1) is 20.3. The highest BCUT2D eigenvalue weighted by molar-refractivity contribution is 5.52. The van der Waals surface area contributed by atoms with Gasteiger partial charge in [-0.3, -0.25) is 0 Å². The molecule has 1 heterocycles. The van der Waals surface area contributed by atoms with E-state index in [0.29, 0.717) is 43.5 Å². The minimum atomic E-state index is -2.13. The largest absolute Gasteiger partial charge is 0.352 e. The minimum absolute atomic E-state index is 0.202. The summed E-state index contributed by atoms with van der Waals surface area (Å²) in [7, 11) is 0. The van der Waals surface area contributed by atoms with Crippen molar-refractivity contribution in [1.82, 2.24) is 0 Å². The summed E-state index contributed by atoms with van der Waals surface area (Å²) in [5, 5.41) is 0. The van der Waals surface area contributed by atoms with Crippen molar-refractivity contribution in [2.45, 2.75) is 51.7 Å². The van der Waals surface area contributed by atoms with Gasteiger partial charge in [0.2, 0.25) is 0 Å². The fourth-order valence-electron chi connectivity index (χ4n) is 4.07. The maximum atomic E-state index is 13.8. The zero-order chi connectivity index (χ0) is 19.4. The molecule has 0 atom stereocenters. The smallest absolute Gasteiger partial charge is 0.271 e. The van der Waals surface area contributed by atoms with E-state index < -0.39 is 29.6 Å². The molecule has 1 aromatic carbocycles. The fourth-order valence-corrected chi connectivity index (χ4v) is 4.07. The Morgan fingerprint density at radius 2 is 1.59 bits per heavy atom. The molecule has 150 valence electrons. The highest BCUT2D eigenvalue weighted by Crippen LogP contribution is 2.35. The van der Waals surface area contributed by atoms with Crippen LogP contribution in [0.2, 0.25) is 0 Å². The summed E-state index contributed by atoms with van der Waals surface area (Å²) in [5.74, 6) is -0.0969. The van der Waals surface area contributed by atoms with Crippen LogP contribution in [0.15, 0.2) is 18.2 Å². The molecule has 2 fully saturated rings. The number of aryl methyl sites for hydroxylation is 1. The molecule has 1 aliphatic carbocycles. The van der Waals surface area contributed by atoms with Crippen LogP contribution in [-0.4, -0.2) is 19.5 Å². The summed E-state index contributed by atoms with van der Waals surface area (Å²) in [6.45, 7) is 3.61. The zero-order valence-corrected chi connectivity index (χ0v) is 15.5. The van der Waals surface area contributed by atoms with Crippen molar-refractivity contribution in [3.8, 4) is 0 Å². The Morgan fingerprint density at radius 3 is 2.15 bits per heavy atom. The van der Waals surface area contributed by atoms with Crippen LogP contribution in [0.25, 0.3) is 6.08 Å². The summed E-state index contributed by atoms with van der Waals surface area (Å²) >= 11 is 0. The average Bonchev–Trinajstić information content (AvgIpc) is 2.64. The van der Waals surface area contributed by atoms with Crippen LogP contribution in [0.4, 0.5) is 17.6 Å². The Kier molecular flexibility index (Phi) is 6.93. The van der Waals surface area contributed by atoms with Crippen LogP contribution in [-0.2, 0) is 15.9 Å². The zero-order valence-electron chi connectivity index (χ0n) is 15.5. The molecular weight excluding hydrogens is 360 g/mol. The standard InChI is InChI=1S/C21H26F4O2/c1-13-2-5-15(6-3-13)16-11-26-21(27-12-16)7-4-14-8-18(22)17(10-20(24)25)19(23)9-14/h8-10,13,15-16,21H,2-7,11-12H2,1H3. The van der Waals surface area contributed by atoms with Crippen molar-refractivity contribution in [2.75, 3.05) is 13.2 Å². The lowest BCUT2D eigenvalue weighted by molar-refractivity contribution is -0.212. The van der Waals surface area contributed by atoms with Crippen molar-refractivity contribution in [1.29, 1.82) is 0 Å². The van der Waals surface area contributed by atoms with E-state index in [2.05, 4.69) is 6.92 Å². The van der Waals surface area contributed by atoms with Gasteiger partial charge in [0, 0.05) is 18.4 Å². The second-order valence-electron chi connectivity index (χ2n) is 7.82. The number of hydrogen-bond acceptors (Lipinski definition) is 2. The van der Waals surface area contributed by atoms with Gasteiger partial charge in [0.1, 0.15) is 11.6 Å². The predicted molar refractivity (Wildman–Crippen MR) is 95.2 cm³/mol. The molecular formula is C21H26F4O2. The summed E-state index contributed by atoms with van der Waals surface area (Å²) < 4.78 is 63.8. The molecule has 6 heteroatoms. The van der Waals surface area contributed by atoms with Crippen LogP contribution in [0, 0.1) is 29.4 Å². The molecule has 1 aliphatic heterocycles. The van der Waals surface area contributed by atoms with Crippen molar-refractivity contribution < 1.29 is 27.0 Å².